The molecule has 0 aliphatic carbocycles. The number of rotatable bonds is 22. The molecule has 2 aromatic heterocycles. The number of aromatic amines is 1. The predicted molar refractivity (Wildman–Crippen MR) is 212 cm³/mol. The van der Waals surface area contributed by atoms with Crippen LogP contribution < -0.4 is 22.1 Å². The molecule has 0 bridgehead atoms. The Kier molecular flexibility index (Phi) is 19.0. The standard InChI is InChI=1S/C20H38N4O.C16H17N5O7S2/c1-3-5-7-9-12-17(13-10-8-6-4-2)23-19(25)15-11-14-18-16-22-20(21)24-18;1-6(22)28-3-7-4-29-14-10(13(24)21(14)11(7)15(25)26)19-12(23)9(20-27-2)8-5-30-16(17)18-8/h16-17H,3-15H2,1-2H3,(H,23,25)(H3,21,22,24);5,10,14H,3-4H2,1-2H3,(H2,17,18)(H,19,23)(H,25,26)/b;20-9-/t;10-,14-/m.1/s1. The zero-order valence-corrected chi connectivity index (χ0v) is 33.7. The highest BCUT2D eigenvalue weighted by Crippen LogP contribution is 2.40. The lowest BCUT2D eigenvalue weighted by Gasteiger charge is -2.49. The van der Waals surface area contributed by atoms with E-state index in [1.165, 1.54) is 82.5 Å². The maximum absolute atomic E-state index is 12.7. The number of carbonyl (C=O) groups excluding carboxylic acids is 4. The summed E-state index contributed by atoms with van der Waals surface area (Å²) in [6.07, 6.45) is 16.3. The van der Waals surface area contributed by atoms with Crippen LogP contribution in [0.5, 0.6) is 0 Å². The van der Waals surface area contributed by atoms with Gasteiger partial charge in [0, 0.05) is 41.8 Å². The molecule has 2 atom stereocenters. The van der Waals surface area contributed by atoms with E-state index < -0.39 is 35.2 Å². The Balaban J connectivity index is 0.000000301. The summed E-state index contributed by atoms with van der Waals surface area (Å²) >= 11 is 2.35. The van der Waals surface area contributed by atoms with Gasteiger partial charge in [-0.15, -0.1) is 23.1 Å². The first-order valence-electron chi connectivity index (χ1n) is 18.6. The van der Waals surface area contributed by atoms with Crippen LogP contribution in [0.1, 0.15) is 109 Å². The summed E-state index contributed by atoms with van der Waals surface area (Å²) in [5, 5.41) is 20.1. The van der Waals surface area contributed by atoms with Crippen LogP contribution in [0.4, 0.5) is 11.1 Å². The molecule has 4 rings (SSSR count). The zero-order chi connectivity index (χ0) is 40.3. The highest BCUT2D eigenvalue weighted by Gasteiger charge is 2.54. The Bertz CT molecular complexity index is 1650. The van der Waals surface area contributed by atoms with E-state index in [0.717, 1.165) is 47.6 Å². The monoisotopic (exact) mass is 805 g/mol. The quantitative estimate of drug-likeness (QED) is 0.0322. The minimum absolute atomic E-state index is 0.165. The number of aromatic nitrogens is 3. The Labute approximate surface area is 329 Å². The van der Waals surface area contributed by atoms with Crippen molar-refractivity contribution in [2.75, 3.05) is 30.9 Å². The van der Waals surface area contributed by atoms with Crippen molar-refractivity contribution in [2.45, 2.75) is 122 Å². The number of carboxylic acids is 1. The van der Waals surface area contributed by atoms with E-state index in [4.69, 9.17) is 16.2 Å². The van der Waals surface area contributed by atoms with E-state index >= 15 is 0 Å². The van der Waals surface area contributed by atoms with Crippen LogP contribution in [0.3, 0.4) is 0 Å². The fourth-order valence-electron chi connectivity index (χ4n) is 6.05. The van der Waals surface area contributed by atoms with E-state index in [9.17, 15) is 29.1 Å². The van der Waals surface area contributed by atoms with Gasteiger partial charge in [0.05, 0.1) is 6.20 Å². The lowest BCUT2D eigenvalue weighted by atomic mass is 10.0. The first-order chi connectivity index (χ1) is 26.4. The number of aryl methyl sites for hydroxylation is 1. The van der Waals surface area contributed by atoms with Gasteiger partial charge in [-0.3, -0.25) is 24.1 Å². The van der Waals surface area contributed by atoms with Crippen LogP contribution >= 0.6 is 23.1 Å². The van der Waals surface area contributed by atoms with Crippen molar-refractivity contribution in [2.24, 2.45) is 5.16 Å². The molecule has 0 radical (unpaired) electrons. The number of carboxylic acid groups (broad SMARTS) is 1. The molecule has 4 heterocycles. The Morgan fingerprint density at radius 2 is 1.78 bits per heavy atom. The highest BCUT2D eigenvalue weighted by molar-refractivity contribution is 8.00. The second-order valence-electron chi connectivity index (χ2n) is 13.2. The normalized spacial score (nSPS) is 16.5. The number of oxime groups is 1. The molecule has 0 spiro atoms. The molecule has 2 aliphatic rings. The Hall–Kier alpha value is -4.65. The van der Waals surface area contributed by atoms with Crippen molar-refractivity contribution in [1.29, 1.82) is 0 Å². The van der Waals surface area contributed by atoms with Gasteiger partial charge in [-0.1, -0.05) is 70.4 Å². The fourth-order valence-corrected chi connectivity index (χ4v) is 7.93. The van der Waals surface area contributed by atoms with E-state index in [0.29, 0.717) is 24.0 Å². The van der Waals surface area contributed by atoms with Crippen LogP contribution in [0.25, 0.3) is 0 Å². The molecular formula is C36H55N9O8S2. The molecule has 1 fully saturated rings. The Morgan fingerprint density at radius 1 is 1.09 bits per heavy atom. The number of carbonyl (C=O) groups is 5. The van der Waals surface area contributed by atoms with Crippen LogP contribution in [-0.2, 0) is 40.0 Å². The number of β-lactam (4-membered cyclic amide) rings is 1. The van der Waals surface area contributed by atoms with Gasteiger partial charge in [0.25, 0.3) is 11.8 Å². The van der Waals surface area contributed by atoms with Crippen molar-refractivity contribution < 1.29 is 38.7 Å². The average molecular weight is 806 g/mol. The molecule has 0 unspecified atom stereocenters. The molecule has 304 valence electrons. The summed E-state index contributed by atoms with van der Waals surface area (Å²) < 4.78 is 4.88. The van der Waals surface area contributed by atoms with E-state index in [-0.39, 0.29) is 40.5 Å². The number of fused-ring (bicyclic) bond motifs is 1. The van der Waals surface area contributed by atoms with E-state index in [2.05, 4.69) is 49.4 Å². The van der Waals surface area contributed by atoms with Gasteiger partial charge in [-0.25, -0.2) is 14.8 Å². The minimum atomic E-state index is -1.32. The van der Waals surface area contributed by atoms with Gasteiger partial charge >= 0.3 is 11.9 Å². The SMILES string of the molecule is CCCCCCC(CCCCCC)NC(=O)CCCc1cnc(N)[nH]1.CO/N=C(\C(=O)N[C@@H]1C(=O)N2C(C(=O)O)=C(COC(C)=O)CS[C@H]12)c1csc(N)n1. The van der Waals surface area contributed by atoms with Gasteiger partial charge in [0.15, 0.2) is 16.8 Å². The van der Waals surface area contributed by atoms with Gasteiger partial charge in [-0.2, -0.15) is 0 Å². The molecule has 1 saturated heterocycles. The second kappa shape index (κ2) is 23.3. The number of aliphatic carboxylic acids is 1. The molecule has 0 saturated carbocycles. The van der Waals surface area contributed by atoms with Crippen molar-refractivity contribution in [1.82, 2.24) is 30.5 Å². The molecule has 2 aromatic rings. The van der Waals surface area contributed by atoms with Crippen molar-refractivity contribution in [3.63, 3.8) is 0 Å². The first-order valence-corrected chi connectivity index (χ1v) is 20.6. The zero-order valence-electron chi connectivity index (χ0n) is 32.1. The van der Waals surface area contributed by atoms with Gasteiger partial charge in [0.1, 0.15) is 36.5 Å². The number of nitrogen functional groups attached to an aromatic ring is 2. The number of imidazole rings is 1. The number of ether oxygens (including phenoxy) is 1. The number of unbranched alkanes of at least 4 members (excludes halogenated alkanes) is 6. The minimum Gasteiger partial charge on any atom is -0.477 e. The van der Waals surface area contributed by atoms with E-state index in [1.54, 1.807) is 6.20 Å². The molecule has 3 amide bonds. The third-order valence-corrected chi connectivity index (χ3v) is 10.8. The summed E-state index contributed by atoms with van der Waals surface area (Å²) in [5.41, 5.74) is 12.2. The maximum atomic E-state index is 12.7. The number of amides is 3. The largest absolute Gasteiger partial charge is 0.477 e. The smallest absolute Gasteiger partial charge is 0.352 e. The number of anilines is 2. The van der Waals surface area contributed by atoms with Gasteiger partial charge < -0.3 is 41.8 Å². The number of hydrogen-bond acceptors (Lipinski definition) is 14. The fraction of sp³-hybridized carbons (Fsp3) is 0.611. The number of nitrogens with two attached hydrogens (primary N) is 2. The average Bonchev–Trinajstić information content (AvgIpc) is 3.78. The lowest BCUT2D eigenvalue weighted by Crippen LogP contribution is -2.71. The number of nitrogens with one attached hydrogen (secondary N) is 3. The molecular weight excluding hydrogens is 751 g/mol. The number of esters is 1. The van der Waals surface area contributed by atoms with Crippen molar-refractivity contribution in [3.8, 4) is 0 Å². The molecule has 19 heteroatoms. The molecule has 0 aromatic carbocycles. The van der Waals surface area contributed by atoms with Crippen molar-refractivity contribution >= 4 is 69.6 Å². The number of thiazole rings is 1. The topological polar surface area (TPSA) is 257 Å². The van der Waals surface area contributed by atoms with Gasteiger partial charge in [0.2, 0.25) is 5.91 Å². The van der Waals surface area contributed by atoms with Crippen LogP contribution in [-0.4, -0.2) is 97.3 Å². The second-order valence-corrected chi connectivity index (χ2v) is 15.2. The summed E-state index contributed by atoms with van der Waals surface area (Å²) in [6.45, 7) is 5.44. The highest BCUT2D eigenvalue weighted by atomic mass is 32.2. The van der Waals surface area contributed by atoms with E-state index in [1.807, 2.05) is 0 Å². The number of hydrogen-bond donors (Lipinski definition) is 6. The lowest BCUT2D eigenvalue weighted by molar-refractivity contribution is -0.150. The number of H-pyrrole nitrogens is 1. The summed E-state index contributed by atoms with van der Waals surface area (Å²) in [4.78, 5) is 77.0. The summed E-state index contributed by atoms with van der Waals surface area (Å²) in [5.74, 6) is -2.35. The predicted octanol–water partition coefficient (Wildman–Crippen LogP) is 4.12. The number of thioether (sulfide) groups is 1. The molecule has 17 nitrogen and oxygen atoms in total. The summed E-state index contributed by atoms with van der Waals surface area (Å²) in [7, 11) is 1.25. The van der Waals surface area contributed by atoms with Gasteiger partial charge in [-0.05, 0) is 25.7 Å². The number of nitrogens with zero attached hydrogens (tertiary/aromatic N) is 4. The van der Waals surface area contributed by atoms with Crippen LogP contribution in [0.2, 0.25) is 0 Å². The van der Waals surface area contributed by atoms with Crippen molar-refractivity contribution in [3.05, 3.63) is 34.2 Å². The summed E-state index contributed by atoms with van der Waals surface area (Å²) in [6, 6.07) is -0.617. The first kappa shape index (κ1) is 44.7. The molecule has 55 heavy (non-hydrogen) atoms. The maximum Gasteiger partial charge on any atom is 0.352 e. The molecule has 8 N–H and O–H groups in total. The third kappa shape index (κ3) is 14.2. The third-order valence-electron chi connectivity index (χ3n) is 8.82. The molecule has 2 aliphatic heterocycles. The van der Waals surface area contributed by atoms with Crippen LogP contribution in [0.15, 0.2) is 28.0 Å². The Morgan fingerprint density at radius 3 is 2.33 bits per heavy atom. The van der Waals surface area contributed by atoms with Crippen LogP contribution in [0, 0.1) is 0 Å².